The first-order chi connectivity index (χ1) is 9.52. The van der Waals surface area contributed by atoms with Gasteiger partial charge in [-0.2, -0.15) is 5.26 Å². The number of hydrogen-bond donors (Lipinski definition) is 0. The van der Waals surface area contributed by atoms with Gasteiger partial charge in [0.1, 0.15) is 0 Å². The highest BCUT2D eigenvalue weighted by Crippen LogP contribution is 2.22. The topological polar surface area (TPSA) is 44.1 Å². The van der Waals surface area contributed by atoms with Crippen molar-refractivity contribution in [3.8, 4) is 6.07 Å². The highest BCUT2D eigenvalue weighted by atomic mass is 127. The number of amides is 1. The predicted molar refractivity (Wildman–Crippen MR) is 88.1 cm³/mol. The minimum Gasteiger partial charge on any atom is -0.311 e. The van der Waals surface area contributed by atoms with Crippen molar-refractivity contribution < 1.29 is 4.79 Å². The molecule has 0 atom stereocenters. The van der Waals surface area contributed by atoms with E-state index in [0.717, 1.165) is 3.57 Å². The van der Waals surface area contributed by atoms with Crippen LogP contribution in [0.1, 0.15) is 15.9 Å². The molecule has 2 aromatic rings. The second-order valence-corrected chi connectivity index (χ2v) is 5.75. The van der Waals surface area contributed by atoms with E-state index in [9.17, 15) is 4.79 Å². The zero-order valence-corrected chi connectivity index (χ0v) is 13.5. The van der Waals surface area contributed by atoms with Crippen LogP contribution in [0.3, 0.4) is 0 Å². The molecule has 5 heteroatoms. The molecule has 0 aliphatic carbocycles. The SMILES string of the molecule is CN(C(=O)c1ccc(Cl)cc1I)c1cccc(C#N)c1. The van der Waals surface area contributed by atoms with Gasteiger partial charge in [-0.1, -0.05) is 17.7 Å². The number of carbonyl (C=O) groups is 1. The minimum atomic E-state index is -0.138. The summed E-state index contributed by atoms with van der Waals surface area (Å²) in [5, 5.41) is 9.50. The van der Waals surface area contributed by atoms with E-state index in [1.165, 1.54) is 4.90 Å². The molecule has 0 radical (unpaired) electrons. The number of hydrogen-bond acceptors (Lipinski definition) is 2. The van der Waals surface area contributed by atoms with E-state index in [1.54, 1.807) is 49.5 Å². The first-order valence-electron chi connectivity index (χ1n) is 5.76. The van der Waals surface area contributed by atoms with Crippen LogP contribution in [-0.4, -0.2) is 13.0 Å². The first-order valence-corrected chi connectivity index (χ1v) is 7.22. The van der Waals surface area contributed by atoms with Gasteiger partial charge < -0.3 is 4.90 Å². The van der Waals surface area contributed by atoms with Gasteiger partial charge in [0.05, 0.1) is 17.2 Å². The molecule has 0 heterocycles. The first kappa shape index (κ1) is 14.8. The Kier molecular flexibility index (Phi) is 4.63. The summed E-state index contributed by atoms with van der Waals surface area (Å²) in [5.74, 6) is -0.138. The summed E-state index contributed by atoms with van der Waals surface area (Å²) >= 11 is 7.98. The molecule has 0 aromatic heterocycles. The summed E-state index contributed by atoms with van der Waals surface area (Å²) in [7, 11) is 1.68. The van der Waals surface area contributed by atoms with Crippen LogP contribution in [0.2, 0.25) is 5.02 Å². The van der Waals surface area contributed by atoms with E-state index in [0.29, 0.717) is 21.8 Å². The molecule has 0 saturated heterocycles. The third-order valence-corrected chi connectivity index (χ3v) is 3.96. The molecular weight excluding hydrogens is 387 g/mol. The van der Waals surface area contributed by atoms with Crippen LogP contribution in [0.4, 0.5) is 5.69 Å². The second-order valence-electron chi connectivity index (χ2n) is 4.15. The van der Waals surface area contributed by atoms with Crippen molar-refractivity contribution in [2.45, 2.75) is 0 Å². The average Bonchev–Trinajstić information content (AvgIpc) is 2.46. The summed E-state index contributed by atoms with van der Waals surface area (Å²) in [4.78, 5) is 14.0. The monoisotopic (exact) mass is 396 g/mol. The predicted octanol–water partition coefficient (Wildman–Crippen LogP) is 4.09. The van der Waals surface area contributed by atoms with Gasteiger partial charge in [-0.25, -0.2) is 0 Å². The Morgan fingerprint density at radius 3 is 2.70 bits per heavy atom. The number of nitrogens with zero attached hydrogens (tertiary/aromatic N) is 2. The van der Waals surface area contributed by atoms with Crippen LogP contribution < -0.4 is 4.90 Å². The van der Waals surface area contributed by atoms with Crippen molar-refractivity contribution >= 4 is 45.8 Å². The lowest BCUT2D eigenvalue weighted by atomic mass is 10.1. The van der Waals surface area contributed by atoms with Crippen molar-refractivity contribution in [1.82, 2.24) is 0 Å². The van der Waals surface area contributed by atoms with Crippen LogP contribution in [0.15, 0.2) is 42.5 Å². The second kappa shape index (κ2) is 6.25. The molecule has 0 bridgehead atoms. The molecule has 2 aromatic carbocycles. The van der Waals surface area contributed by atoms with E-state index in [1.807, 2.05) is 0 Å². The fraction of sp³-hybridized carbons (Fsp3) is 0.0667. The normalized spacial score (nSPS) is 9.90. The molecule has 100 valence electrons. The van der Waals surface area contributed by atoms with Gasteiger partial charge in [0, 0.05) is 21.3 Å². The number of anilines is 1. The summed E-state index contributed by atoms with van der Waals surface area (Å²) in [6.45, 7) is 0. The third-order valence-electron chi connectivity index (χ3n) is 2.83. The summed E-state index contributed by atoms with van der Waals surface area (Å²) < 4.78 is 0.795. The van der Waals surface area contributed by atoms with Crippen LogP contribution in [0.25, 0.3) is 0 Å². The smallest absolute Gasteiger partial charge is 0.259 e. The number of benzene rings is 2. The molecule has 1 amide bonds. The van der Waals surface area contributed by atoms with Crippen molar-refractivity contribution in [3.63, 3.8) is 0 Å². The minimum absolute atomic E-state index is 0.138. The van der Waals surface area contributed by atoms with E-state index >= 15 is 0 Å². The van der Waals surface area contributed by atoms with Crippen LogP contribution in [-0.2, 0) is 0 Å². The summed E-state index contributed by atoms with van der Waals surface area (Å²) in [6.07, 6.45) is 0. The number of nitriles is 1. The fourth-order valence-corrected chi connectivity index (χ4v) is 2.85. The largest absolute Gasteiger partial charge is 0.311 e. The quantitative estimate of drug-likeness (QED) is 0.718. The molecule has 0 aliphatic heterocycles. The van der Waals surface area contributed by atoms with Gasteiger partial charge in [-0.05, 0) is 59.0 Å². The maximum absolute atomic E-state index is 12.5. The lowest BCUT2D eigenvalue weighted by Crippen LogP contribution is -2.27. The Labute approximate surface area is 135 Å². The molecule has 3 nitrogen and oxygen atoms in total. The molecule has 0 unspecified atom stereocenters. The highest BCUT2D eigenvalue weighted by Gasteiger charge is 2.16. The van der Waals surface area contributed by atoms with E-state index < -0.39 is 0 Å². The Balaban J connectivity index is 2.35. The molecule has 0 aliphatic rings. The van der Waals surface area contributed by atoms with Crippen LogP contribution >= 0.6 is 34.2 Å². The fourth-order valence-electron chi connectivity index (χ4n) is 1.74. The molecule has 0 fully saturated rings. The molecule has 20 heavy (non-hydrogen) atoms. The maximum atomic E-state index is 12.5. The third kappa shape index (κ3) is 3.11. The summed E-state index contributed by atoms with van der Waals surface area (Å²) in [5.41, 5.74) is 1.78. The Morgan fingerprint density at radius 1 is 1.30 bits per heavy atom. The van der Waals surface area contributed by atoms with Crippen LogP contribution in [0, 0.1) is 14.9 Å². The van der Waals surface area contributed by atoms with E-state index in [-0.39, 0.29) is 5.91 Å². The number of rotatable bonds is 2. The Morgan fingerprint density at radius 2 is 2.05 bits per heavy atom. The average molecular weight is 397 g/mol. The van der Waals surface area contributed by atoms with Gasteiger partial charge in [0.25, 0.3) is 5.91 Å². The van der Waals surface area contributed by atoms with E-state index in [2.05, 4.69) is 28.7 Å². The highest BCUT2D eigenvalue weighted by molar-refractivity contribution is 14.1. The lowest BCUT2D eigenvalue weighted by Gasteiger charge is -2.18. The lowest BCUT2D eigenvalue weighted by molar-refractivity contribution is 0.0992. The molecule has 2 rings (SSSR count). The van der Waals surface area contributed by atoms with Crippen molar-refractivity contribution in [1.29, 1.82) is 5.26 Å². The number of carbonyl (C=O) groups excluding carboxylic acids is 1. The zero-order valence-electron chi connectivity index (χ0n) is 10.6. The standard InChI is InChI=1S/C15H10ClIN2O/c1-19(12-4-2-3-10(7-12)9-18)15(20)13-6-5-11(16)8-14(13)17/h2-8H,1H3. The molecule has 0 spiro atoms. The van der Waals surface area contributed by atoms with Gasteiger partial charge in [0.15, 0.2) is 0 Å². The van der Waals surface area contributed by atoms with Gasteiger partial charge >= 0.3 is 0 Å². The Bertz CT molecular complexity index is 709. The van der Waals surface area contributed by atoms with Gasteiger partial charge in [0.2, 0.25) is 0 Å². The van der Waals surface area contributed by atoms with Crippen molar-refractivity contribution in [2.24, 2.45) is 0 Å². The van der Waals surface area contributed by atoms with Crippen molar-refractivity contribution in [2.75, 3.05) is 11.9 Å². The Hall–Kier alpha value is -1.58. The number of halogens is 2. The van der Waals surface area contributed by atoms with Gasteiger partial charge in [-0.15, -0.1) is 0 Å². The maximum Gasteiger partial charge on any atom is 0.259 e. The molecular formula is C15H10ClIN2O. The molecule has 0 saturated carbocycles. The molecule has 0 N–H and O–H groups in total. The van der Waals surface area contributed by atoms with Crippen LogP contribution in [0.5, 0.6) is 0 Å². The summed E-state index contributed by atoms with van der Waals surface area (Å²) in [6, 6.07) is 14.1. The van der Waals surface area contributed by atoms with Crippen molar-refractivity contribution in [3.05, 3.63) is 62.2 Å². The zero-order chi connectivity index (χ0) is 14.7. The van der Waals surface area contributed by atoms with Gasteiger partial charge in [-0.3, -0.25) is 4.79 Å². The van der Waals surface area contributed by atoms with E-state index in [4.69, 9.17) is 16.9 Å².